The van der Waals surface area contributed by atoms with Gasteiger partial charge in [-0.2, -0.15) is 5.10 Å². The number of halogens is 2. The number of hydrogen-bond donors (Lipinski definition) is 2. The van der Waals surface area contributed by atoms with Crippen LogP contribution in [-0.2, 0) is 0 Å². The van der Waals surface area contributed by atoms with E-state index in [2.05, 4.69) is 47.7 Å². The summed E-state index contributed by atoms with van der Waals surface area (Å²) in [5, 5.41) is 6.46. The van der Waals surface area contributed by atoms with Gasteiger partial charge in [-0.05, 0) is 50.9 Å². The van der Waals surface area contributed by atoms with Gasteiger partial charge in [0.1, 0.15) is 11.5 Å². The molecule has 2 amide bonds. The molecule has 0 bridgehead atoms. The number of hydrazone groups is 1. The van der Waals surface area contributed by atoms with Crippen LogP contribution in [0.5, 0.6) is 5.75 Å². The molecular formula is C14H13Br2N3O3. The second-order valence-corrected chi connectivity index (χ2v) is 5.60. The Bertz CT molecular complexity index is 666. The number of amides is 2. The maximum atomic E-state index is 11.8. The zero-order valence-corrected chi connectivity index (χ0v) is 14.8. The van der Waals surface area contributed by atoms with Crippen molar-refractivity contribution in [3.05, 3.63) is 45.2 Å². The van der Waals surface area contributed by atoms with Gasteiger partial charge < -0.3 is 14.5 Å². The van der Waals surface area contributed by atoms with E-state index in [1.807, 2.05) is 13.0 Å². The van der Waals surface area contributed by atoms with Gasteiger partial charge in [-0.3, -0.25) is 0 Å². The van der Waals surface area contributed by atoms with Gasteiger partial charge in [-0.15, -0.1) is 0 Å². The lowest BCUT2D eigenvalue weighted by Gasteiger charge is -2.10. The first-order valence-corrected chi connectivity index (χ1v) is 7.95. The van der Waals surface area contributed by atoms with Gasteiger partial charge in [-0.25, -0.2) is 10.2 Å². The van der Waals surface area contributed by atoms with Crippen LogP contribution in [0.25, 0.3) is 0 Å². The van der Waals surface area contributed by atoms with Crippen LogP contribution in [-0.4, -0.2) is 18.9 Å². The van der Waals surface area contributed by atoms with Gasteiger partial charge in [0.2, 0.25) is 0 Å². The maximum Gasteiger partial charge on any atom is 0.339 e. The average molecular weight is 431 g/mol. The molecule has 0 fully saturated rings. The molecular weight excluding hydrogens is 418 g/mol. The molecule has 6 nitrogen and oxygen atoms in total. The molecule has 0 unspecified atom stereocenters. The zero-order valence-electron chi connectivity index (χ0n) is 11.6. The van der Waals surface area contributed by atoms with E-state index in [0.29, 0.717) is 28.5 Å². The fourth-order valence-electron chi connectivity index (χ4n) is 1.58. The second kappa shape index (κ2) is 8.00. The van der Waals surface area contributed by atoms with Crippen LogP contribution >= 0.6 is 31.9 Å². The molecule has 2 rings (SSSR count). The minimum atomic E-state index is -0.479. The number of rotatable bonds is 5. The molecule has 0 spiro atoms. The highest BCUT2D eigenvalue weighted by Crippen LogP contribution is 2.26. The quantitative estimate of drug-likeness (QED) is 0.546. The molecule has 0 saturated heterocycles. The first-order valence-electron chi connectivity index (χ1n) is 6.37. The lowest BCUT2D eigenvalue weighted by atomic mass is 10.3. The van der Waals surface area contributed by atoms with Crippen molar-refractivity contribution in [1.29, 1.82) is 0 Å². The molecule has 2 aromatic rings. The van der Waals surface area contributed by atoms with E-state index >= 15 is 0 Å². The number of carbonyl (C=O) groups is 1. The van der Waals surface area contributed by atoms with Gasteiger partial charge in [0.05, 0.1) is 23.0 Å². The molecule has 8 heteroatoms. The summed E-state index contributed by atoms with van der Waals surface area (Å²) in [4.78, 5) is 11.8. The summed E-state index contributed by atoms with van der Waals surface area (Å²) in [5.74, 6) is 1.09. The molecule has 1 aromatic carbocycles. The first-order chi connectivity index (χ1) is 10.6. The molecule has 0 aliphatic rings. The van der Waals surface area contributed by atoms with E-state index in [4.69, 9.17) is 9.15 Å². The van der Waals surface area contributed by atoms with Crippen LogP contribution in [0.2, 0.25) is 0 Å². The Hall–Kier alpha value is -1.80. The van der Waals surface area contributed by atoms with Crippen molar-refractivity contribution in [2.75, 3.05) is 11.9 Å². The molecule has 1 heterocycles. The van der Waals surface area contributed by atoms with Gasteiger partial charge >= 0.3 is 6.03 Å². The normalized spacial score (nSPS) is 10.7. The topological polar surface area (TPSA) is 75.9 Å². The molecule has 0 radical (unpaired) electrons. The highest BCUT2D eigenvalue weighted by molar-refractivity contribution is 9.13. The van der Waals surface area contributed by atoms with Crippen LogP contribution in [0.4, 0.5) is 10.5 Å². The van der Waals surface area contributed by atoms with Crippen molar-refractivity contribution in [3.63, 3.8) is 0 Å². The van der Waals surface area contributed by atoms with Crippen molar-refractivity contribution in [2.24, 2.45) is 5.10 Å². The number of ether oxygens (including phenoxy) is 1. The first kappa shape index (κ1) is 16.6. The fourth-order valence-corrected chi connectivity index (χ4v) is 2.19. The lowest BCUT2D eigenvalue weighted by molar-refractivity contribution is 0.252. The molecule has 0 aliphatic heterocycles. The van der Waals surface area contributed by atoms with Gasteiger partial charge in [0.15, 0.2) is 4.67 Å². The van der Waals surface area contributed by atoms with Crippen molar-refractivity contribution in [1.82, 2.24) is 5.43 Å². The number of carbonyl (C=O) groups excluding carboxylic acids is 1. The molecule has 0 saturated carbocycles. The zero-order chi connectivity index (χ0) is 15.9. The number of para-hydroxylation sites is 2. The Morgan fingerprint density at radius 1 is 1.41 bits per heavy atom. The van der Waals surface area contributed by atoms with E-state index < -0.39 is 6.03 Å². The molecule has 1 aromatic heterocycles. The fraction of sp³-hybridized carbons (Fsp3) is 0.143. The van der Waals surface area contributed by atoms with Crippen molar-refractivity contribution in [3.8, 4) is 5.75 Å². The third-order valence-corrected chi connectivity index (χ3v) is 4.17. The Balaban J connectivity index is 1.93. The highest BCUT2D eigenvalue weighted by Gasteiger charge is 2.06. The van der Waals surface area contributed by atoms with Crippen LogP contribution < -0.4 is 15.5 Å². The number of urea groups is 1. The summed E-state index contributed by atoms with van der Waals surface area (Å²) < 4.78 is 12.0. The largest absolute Gasteiger partial charge is 0.492 e. The predicted molar refractivity (Wildman–Crippen MR) is 91.5 cm³/mol. The standard InChI is InChI=1S/C14H13Br2N3O3/c1-2-21-12-6-4-3-5-11(12)18-14(20)19-17-8-9-7-10(15)13(16)22-9/h3-8H,2H2,1H3,(H2,18,19,20)/b17-8+. The monoisotopic (exact) mass is 429 g/mol. The highest BCUT2D eigenvalue weighted by atomic mass is 79.9. The van der Waals surface area contributed by atoms with Gasteiger partial charge in [0, 0.05) is 6.07 Å². The third-order valence-electron chi connectivity index (χ3n) is 2.46. The Morgan fingerprint density at radius 3 is 2.86 bits per heavy atom. The number of anilines is 1. The van der Waals surface area contributed by atoms with Gasteiger partial charge in [0.25, 0.3) is 0 Å². The van der Waals surface area contributed by atoms with Crippen LogP contribution in [0, 0.1) is 0 Å². The molecule has 116 valence electrons. The van der Waals surface area contributed by atoms with E-state index in [9.17, 15) is 4.79 Å². The maximum absolute atomic E-state index is 11.8. The molecule has 22 heavy (non-hydrogen) atoms. The summed E-state index contributed by atoms with van der Waals surface area (Å²) in [6.45, 7) is 2.39. The molecule has 0 aliphatic carbocycles. The number of benzene rings is 1. The third kappa shape index (κ3) is 4.60. The van der Waals surface area contributed by atoms with Crippen molar-refractivity contribution >= 4 is 49.8 Å². The molecule has 2 N–H and O–H groups in total. The summed E-state index contributed by atoms with van der Waals surface area (Å²) in [6, 6.07) is 8.40. The molecule has 0 atom stereocenters. The van der Waals surface area contributed by atoms with Crippen LogP contribution in [0.15, 0.2) is 49.0 Å². The van der Waals surface area contributed by atoms with Crippen LogP contribution in [0.3, 0.4) is 0 Å². The van der Waals surface area contributed by atoms with Crippen LogP contribution in [0.1, 0.15) is 12.7 Å². The summed E-state index contributed by atoms with van der Waals surface area (Å²) in [7, 11) is 0. The number of nitrogens with one attached hydrogen (secondary N) is 2. The van der Waals surface area contributed by atoms with E-state index in [1.165, 1.54) is 6.21 Å². The number of nitrogens with zero attached hydrogens (tertiary/aromatic N) is 1. The van der Waals surface area contributed by atoms with Gasteiger partial charge in [-0.1, -0.05) is 12.1 Å². The minimum absolute atomic E-state index is 0.479. The van der Waals surface area contributed by atoms with E-state index in [1.54, 1.807) is 24.3 Å². The second-order valence-electron chi connectivity index (χ2n) is 4.02. The Labute approximate surface area is 144 Å². The van der Waals surface area contributed by atoms with E-state index in [-0.39, 0.29) is 0 Å². The van der Waals surface area contributed by atoms with Crippen molar-refractivity contribution < 1.29 is 13.9 Å². The summed E-state index contributed by atoms with van der Waals surface area (Å²) in [6.07, 6.45) is 1.39. The number of hydrogen-bond acceptors (Lipinski definition) is 4. The lowest BCUT2D eigenvalue weighted by Crippen LogP contribution is -2.24. The smallest absolute Gasteiger partial charge is 0.339 e. The minimum Gasteiger partial charge on any atom is -0.492 e. The Kier molecular flexibility index (Phi) is 6.02. The Morgan fingerprint density at radius 2 is 2.18 bits per heavy atom. The summed E-state index contributed by atoms with van der Waals surface area (Å²) in [5.41, 5.74) is 2.92. The number of furan rings is 1. The van der Waals surface area contributed by atoms with Crippen molar-refractivity contribution in [2.45, 2.75) is 6.92 Å². The average Bonchev–Trinajstić information content (AvgIpc) is 2.80. The van der Waals surface area contributed by atoms with E-state index in [0.717, 1.165) is 4.47 Å². The predicted octanol–water partition coefficient (Wildman–Crippen LogP) is 4.36. The summed E-state index contributed by atoms with van der Waals surface area (Å²) >= 11 is 6.50. The SMILES string of the molecule is CCOc1ccccc1NC(=O)N/N=C/c1cc(Br)c(Br)o1.